The van der Waals surface area contributed by atoms with E-state index >= 15 is 0 Å². The van der Waals surface area contributed by atoms with Crippen LogP contribution >= 0.6 is 0 Å². The van der Waals surface area contributed by atoms with E-state index in [9.17, 15) is 9.90 Å². The molecule has 2 aromatic rings. The lowest BCUT2D eigenvalue weighted by Crippen LogP contribution is -2.66. The van der Waals surface area contributed by atoms with Crippen LogP contribution in [-0.4, -0.2) is 26.0 Å². The highest BCUT2D eigenvalue weighted by Crippen LogP contribution is 2.36. The molecule has 0 bridgehead atoms. The molecular weight excluding hydrogens is 545 g/mol. The lowest BCUT2D eigenvalue weighted by Gasteiger charge is -2.43. The zero-order chi connectivity index (χ0) is 31.2. The van der Waals surface area contributed by atoms with Crippen LogP contribution in [0.5, 0.6) is 0 Å². The SMILES string of the molecule is CCCCCCCCC/C(=C\C(=O)O)CCCCCCCCCCCO[Si](c1ccccc1)(c1ccccc1)C(C)(C)C. The predicted molar refractivity (Wildman–Crippen MR) is 188 cm³/mol. The molecule has 240 valence electrons. The molecule has 0 radical (unpaired) electrons. The first-order valence-corrected chi connectivity index (χ1v) is 19.4. The molecule has 0 fully saturated rings. The molecule has 0 aromatic heterocycles. The van der Waals surface area contributed by atoms with Crippen LogP contribution in [0.25, 0.3) is 0 Å². The minimum atomic E-state index is -2.41. The minimum Gasteiger partial charge on any atom is -0.478 e. The fraction of sp³-hybridized carbons (Fsp3) is 0.615. The number of carboxylic acid groups (broad SMARTS) is 1. The Kier molecular flexibility index (Phi) is 18.5. The maximum Gasteiger partial charge on any atom is 0.328 e. The van der Waals surface area contributed by atoms with Crippen LogP contribution in [0, 0.1) is 0 Å². The number of hydrogen-bond acceptors (Lipinski definition) is 2. The number of benzene rings is 2. The lowest BCUT2D eigenvalue weighted by atomic mass is 9.99. The van der Waals surface area contributed by atoms with Gasteiger partial charge in [-0.1, -0.05) is 177 Å². The van der Waals surface area contributed by atoms with Gasteiger partial charge in [0, 0.05) is 12.7 Å². The third-order valence-electron chi connectivity index (χ3n) is 8.81. The standard InChI is InChI=1S/C39H62O3Si/c1-5-6-7-8-12-15-20-27-35(34-38(40)41)28-21-16-13-10-9-11-14-17-26-33-42-43(39(2,3)4,36-29-22-18-23-30-36)37-31-24-19-25-32-37/h18-19,22-25,29-32,34H,5-17,20-21,26-28,33H2,1-4H3,(H,40,41)/b35-34+. The summed E-state index contributed by atoms with van der Waals surface area (Å²) in [5, 5.41) is 12.0. The van der Waals surface area contributed by atoms with Gasteiger partial charge in [0.2, 0.25) is 0 Å². The molecule has 4 heteroatoms. The summed E-state index contributed by atoms with van der Waals surface area (Å²) in [5.74, 6) is -0.782. The molecule has 0 aliphatic heterocycles. The van der Waals surface area contributed by atoms with Crippen LogP contribution in [0.4, 0.5) is 0 Å². The van der Waals surface area contributed by atoms with Crippen molar-refractivity contribution in [2.75, 3.05) is 6.61 Å². The van der Waals surface area contributed by atoms with E-state index in [1.165, 1.54) is 99.9 Å². The lowest BCUT2D eigenvalue weighted by molar-refractivity contribution is -0.131. The highest BCUT2D eigenvalue weighted by Gasteiger charge is 2.49. The normalized spacial score (nSPS) is 12.5. The van der Waals surface area contributed by atoms with Crippen molar-refractivity contribution < 1.29 is 14.3 Å². The molecule has 2 aromatic carbocycles. The van der Waals surface area contributed by atoms with Gasteiger partial charge in [-0.3, -0.25) is 0 Å². The first-order chi connectivity index (χ1) is 20.8. The summed E-state index contributed by atoms with van der Waals surface area (Å²) in [5.41, 5.74) is 1.14. The van der Waals surface area contributed by atoms with E-state index in [0.29, 0.717) is 0 Å². The van der Waals surface area contributed by atoms with Crippen LogP contribution in [-0.2, 0) is 9.22 Å². The largest absolute Gasteiger partial charge is 0.478 e. The Morgan fingerprint density at radius 3 is 1.44 bits per heavy atom. The van der Waals surface area contributed by atoms with E-state index in [1.807, 2.05) is 0 Å². The van der Waals surface area contributed by atoms with Crippen molar-refractivity contribution in [3.63, 3.8) is 0 Å². The van der Waals surface area contributed by atoms with Gasteiger partial charge in [0.1, 0.15) is 0 Å². The number of unbranched alkanes of at least 4 members (excludes halogenated alkanes) is 14. The van der Waals surface area contributed by atoms with E-state index in [4.69, 9.17) is 4.43 Å². The Bertz CT molecular complexity index is 970. The first kappa shape index (κ1) is 37.0. The molecule has 0 saturated heterocycles. The molecule has 0 aliphatic rings. The summed E-state index contributed by atoms with van der Waals surface area (Å²) in [4.78, 5) is 11.3. The van der Waals surface area contributed by atoms with Gasteiger partial charge in [-0.25, -0.2) is 4.79 Å². The van der Waals surface area contributed by atoms with Crippen LogP contribution in [0.2, 0.25) is 5.04 Å². The molecular formula is C39H62O3Si. The highest BCUT2D eigenvalue weighted by molar-refractivity contribution is 6.99. The second kappa shape index (κ2) is 21.5. The molecule has 0 aliphatic carbocycles. The number of hydrogen-bond donors (Lipinski definition) is 1. The van der Waals surface area contributed by atoms with Gasteiger partial charge in [0.15, 0.2) is 0 Å². The zero-order valence-electron chi connectivity index (χ0n) is 28.0. The fourth-order valence-corrected chi connectivity index (χ4v) is 11.0. The third-order valence-corrected chi connectivity index (χ3v) is 13.8. The maximum atomic E-state index is 11.3. The van der Waals surface area contributed by atoms with Crippen molar-refractivity contribution >= 4 is 24.7 Å². The van der Waals surface area contributed by atoms with E-state index in [0.717, 1.165) is 44.3 Å². The van der Waals surface area contributed by atoms with E-state index in [2.05, 4.69) is 88.4 Å². The number of carbonyl (C=O) groups is 1. The van der Waals surface area contributed by atoms with Gasteiger partial charge in [-0.15, -0.1) is 0 Å². The van der Waals surface area contributed by atoms with E-state index < -0.39 is 14.3 Å². The van der Waals surface area contributed by atoms with Crippen molar-refractivity contribution in [2.45, 2.75) is 148 Å². The zero-order valence-corrected chi connectivity index (χ0v) is 29.0. The Labute approximate surface area is 265 Å². The maximum absolute atomic E-state index is 11.3. The predicted octanol–water partition coefficient (Wildman–Crippen LogP) is 10.6. The average Bonchev–Trinajstić information content (AvgIpc) is 2.99. The van der Waals surface area contributed by atoms with Crippen molar-refractivity contribution in [1.82, 2.24) is 0 Å². The summed E-state index contributed by atoms with van der Waals surface area (Å²) in [6, 6.07) is 21.9. The van der Waals surface area contributed by atoms with Gasteiger partial charge in [-0.05, 0) is 47.5 Å². The fourth-order valence-electron chi connectivity index (χ4n) is 6.43. The summed E-state index contributed by atoms with van der Waals surface area (Å²) in [6.07, 6.45) is 23.4. The Morgan fingerprint density at radius 2 is 1.05 bits per heavy atom. The van der Waals surface area contributed by atoms with E-state index in [-0.39, 0.29) is 5.04 Å². The second-order valence-electron chi connectivity index (χ2n) is 13.5. The smallest absolute Gasteiger partial charge is 0.328 e. The topological polar surface area (TPSA) is 46.5 Å². The molecule has 0 atom stereocenters. The summed E-state index contributed by atoms with van der Waals surface area (Å²) < 4.78 is 7.03. The third kappa shape index (κ3) is 14.0. The summed E-state index contributed by atoms with van der Waals surface area (Å²) >= 11 is 0. The van der Waals surface area contributed by atoms with Crippen molar-refractivity contribution in [3.05, 3.63) is 72.3 Å². The number of allylic oxidation sites excluding steroid dienone is 1. The van der Waals surface area contributed by atoms with Crippen LogP contribution in [0.3, 0.4) is 0 Å². The quantitative estimate of drug-likeness (QED) is 0.0734. The monoisotopic (exact) mass is 606 g/mol. The van der Waals surface area contributed by atoms with Crippen molar-refractivity contribution in [3.8, 4) is 0 Å². The van der Waals surface area contributed by atoms with Gasteiger partial charge < -0.3 is 9.53 Å². The molecule has 0 unspecified atom stereocenters. The molecule has 3 nitrogen and oxygen atoms in total. The Hall–Kier alpha value is -2.17. The summed E-state index contributed by atoms with van der Waals surface area (Å²) in [7, 11) is -2.41. The Balaban J connectivity index is 1.64. The molecule has 0 saturated carbocycles. The minimum absolute atomic E-state index is 0.0355. The molecule has 1 N–H and O–H groups in total. The molecule has 43 heavy (non-hydrogen) atoms. The first-order valence-electron chi connectivity index (χ1n) is 17.5. The molecule has 0 heterocycles. The van der Waals surface area contributed by atoms with Crippen molar-refractivity contribution in [1.29, 1.82) is 0 Å². The summed E-state index contributed by atoms with van der Waals surface area (Å²) in [6.45, 7) is 10.1. The van der Waals surface area contributed by atoms with Gasteiger partial charge in [-0.2, -0.15) is 0 Å². The number of aliphatic carboxylic acids is 1. The molecule has 2 rings (SSSR count). The van der Waals surface area contributed by atoms with E-state index in [1.54, 1.807) is 0 Å². The number of rotatable bonds is 24. The average molecular weight is 607 g/mol. The number of carboxylic acids is 1. The molecule has 0 spiro atoms. The van der Waals surface area contributed by atoms with Crippen LogP contribution in [0.1, 0.15) is 143 Å². The van der Waals surface area contributed by atoms with Crippen LogP contribution in [0.15, 0.2) is 72.3 Å². The van der Waals surface area contributed by atoms with Gasteiger partial charge in [0.25, 0.3) is 8.32 Å². The van der Waals surface area contributed by atoms with Gasteiger partial charge >= 0.3 is 5.97 Å². The second-order valence-corrected chi connectivity index (χ2v) is 17.8. The van der Waals surface area contributed by atoms with Gasteiger partial charge in [0.05, 0.1) is 0 Å². The van der Waals surface area contributed by atoms with Crippen molar-refractivity contribution in [2.24, 2.45) is 0 Å². The van der Waals surface area contributed by atoms with Crippen LogP contribution < -0.4 is 10.4 Å². The Morgan fingerprint density at radius 1 is 0.651 bits per heavy atom. The highest BCUT2D eigenvalue weighted by atomic mass is 28.4. The molecule has 0 amide bonds.